The molecule has 0 spiro atoms. The number of halogens is 1. The molecule has 0 bridgehead atoms. The molecule has 0 saturated heterocycles. The summed E-state index contributed by atoms with van der Waals surface area (Å²) >= 11 is 6.19. The number of imidazole rings is 1. The van der Waals surface area contributed by atoms with Crippen LogP contribution in [0.2, 0.25) is 5.15 Å². The molecule has 1 aromatic carbocycles. The summed E-state index contributed by atoms with van der Waals surface area (Å²) in [4.78, 5) is 7.69. The highest BCUT2D eigenvalue weighted by atomic mass is 35.5. The number of benzene rings is 1. The highest BCUT2D eigenvalue weighted by molar-refractivity contribution is 6.30. The van der Waals surface area contributed by atoms with Crippen molar-refractivity contribution < 1.29 is 0 Å². The lowest BCUT2D eigenvalue weighted by Crippen LogP contribution is -2.01. The molecule has 0 atom stereocenters. The molecule has 21 heavy (non-hydrogen) atoms. The molecule has 2 N–H and O–H groups in total. The van der Waals surface area contributed by atoms with E-state index in [0.717, 1.165) is 36.5 Å². The van der Waals surface area contributed by atoms with Crippen LogP contribution in [0.4, 0.5) is 5.69 Å². The Balaban J connectivity index is 1.99. The van der Waals surface area contributed by atoms with Crippen LogP contribution in [0.25, 0.3) is 0 Å². The minimum Gasteiger partial charge on any atom is -0.379 e. The van der Waals surface area contributed by atoms with Gasteiger partial charge in [-0.3, -0.25) is 0 Å². The Morgan fingerprint density at radius 1 is 1.33 bits per heavy atom. The zero-order chi connectivity index (χ0) is 15.2. The van der Waals surface area contributed by atoms with Crippen molar-refractivity contribution in [2.75, 3.05) is 5.32 Å². The SMILES string of the molecule is CCCCc1nc(Cl)c(CNc2cccc(C(C)C)c2)[nH]1. The third-order valence-electron chi connectivity index (χ3n) is 3.57. The largest absolute Gasteiger partial charge is 0.379 e. The highest BCUT2D eigenvalue weighted by Gasteiger charge is 2.08. The average Bonchev–Trinajstić information content (AvgIpc) is 2.83. The van der Waals surface area contributed by atoms with E-state index in [1.54, 1.807) is 0 Å². The average molecular weight is 306 g/mol. The number of H-pyrrole nitrogens is 1. The van der Waals surface area contributed by atoms with Crippen LogP contribution in [0.15, 0.2) is 24.3 Å². The number of unbranched alkanes of at least 4 members (excludes halogenated alkanes) is 1. The molecule has 3 nitrogen and oxygen atoms in total. The lowest BCUT2D eigenvalue weighted by Gasteiger charge is -2.09. The summed E-state index contributed by atoms with van der Waals surface area (Å²) in [6.07, 6.45) is 3.25. The van der Waals surface area contributed by atoms with Gasteiger partial charge in [0.1, 0.15) is 5.82 Å². The lowest BCUT2D eigenvalue weighted by molar-refractivity contribution is 0.760. The predicted molar refractivity (Wildman–Crippen MR) is 90.1 cm³/mol. The summed E-state index contributed by atoms with van der Waals surface area (Å²) in [6, 6.07) is 8.50. The van der Waals surface area contributed by atoms with Gasteiger partial charge in [-0.1, -0.05) is 50.9 Å². The second-order valence-electron chi connectivity index (χ2n) is 5.69. The molecule has 1 heterocycles. The second kappa shape index (κ2) is 7.51. The first-order valence-corrected chi connectivity index (χ1v) is 8.05. The number of nitrogens with zero attached hydrogens (tertiary/aromatic N) is 1. The van der Waals surface area contributed by atoms with E-state index in [-0.39, 0.29) is 0 Å². The van der Waals surface area contributed by atoms with Gasteiger partial charge in [0.15, 0.2) is 5.15 Å². The first kappa shape index (κ1) is 15.9. The molecule has 0 aliphatic heterocycles. The van der Waals surface area contributed by atoms with Crippen molar-refractivity contribution in [3.8, 4) is 0 Å². The Bertz CT molecular complexity index is 575. The quantitative estimate of drug-likeness (QED) is 0.743. The molecule has 0 aliphatic rings. The molecule has 0 unspecified atom stereocenters. The molecule has 2 aromatic rings. The number of anilines is 1. The van der Waals surface area contributed by atoms with E-state index >= 15 is 0 Å². The predicted octanol–water partition coefficient (Wildman–Crippen LogP) is 5.14. The third-order valence-corrected chi connectivity index (χ3v) is 3.88. The number of hydrogen-bond acceptors (Lipinski definition) is 2. The van der Waals surface area contributed by atoms with Crippen molar-refractivity contribution in [2.24, 2.45) is 0 Å². The van der Waals surface area contributed by atoms with Gasteiger partial charge in [-0.05, 0) is 30.0 Å². The van der Waals surface area contributed by atoms with Crippen LogP contribution in [0.1, 0.15) is 56.6 Å². The standard InChI is InChI=1S/C17H24ClN3/c1-4-5-9-16-20-15(17(18)21-16)11-19-14-8-6-7-13(10-14)12(2)3/h6-8,10,12,19H,4-5,9,11H2,1-3H3,(H,20,21). The third kappa shape index (κ3) is 4.50. The van der Waals surface area contributed by atoms with Crippen molar-refractivity contribution in [3.63, 3.8) is 0 Å². The van der Waals surface area contributed by atoms with Gasteiger partial charge in [0, 0.05) is 12.1 Å². The van der Waals surface area contributed by atoms with E-state index in [4.69, 9.17) is 11.6 Å². The molecule has 2 rings (SSSR count). The number of hydrogen-bond donors (Lipinski definition) is 2. The zero-order valence-electron chi connectivity index (χ0n) is 13.0. The van der Waals surface area contributed by atoms with E-state index in [1.807, 2.05) is 0 Å². The maximum Gasteiger partial charge on any atom is 0.152 e. The van der Waals surface area contributed by atoms with Gasteiger partial charge in [0.05, 0.1) is 12.2 Å². The molecule has 0 amide bonds. The van der Waals surface area contributed by atoms with Gasteiger partial charge in [0.2, 0.25) is 0 Å². The van der Waals surface area contributed by atoms with Gasteiger partial charge < -0.3 is 10.3 Å². The van der Waals surface area contributed by atoms with Crippen LogP contribution in [0.3, 0.4) is 0 Å². The van der Waals surface area contributed by atoms with Crippen LogP contribution >= 0.6 is 11.6 Å². The molecule has 0 fully saturated rings. The molecule has 1 aromatic heterocycles. The lowest BCUT2D eigenvalue weighted by atomic mass is 10.0. The Labute approximate surface area is 132 Å². The van der Waals surface area contributed by atoms with Crippen LogP contribution in [-0.2, 0) is 13.0 Å². The van der Waals surface area contributed by atoms with Gasteiger partial charge in [-0.2, -0.15) is 0 Å². The summed E-state index contributed by atoms with van der Waals surface area (Å²) in [5, 5.41) is 3.99. The summed E-state index contributed by atoms with van der Waals surface area (Å²) in [5.41, 5.74) is 3.40. The maximum atomic E-state index is 6.19. The fraction of sp³-hybridized carbons (Fsp3) is 0.471. The number of aromatic amines is 1. The number of rotatable bonds is 7. The minimum atomic E-state index is 0.531. The maximum absolute atomic E-state index is 6.19. The van der Waals surface area contributed by atoms with Crippen molar-refractivity contribution in [3.05, 3.63) is 46.5 Å². The summed E-state index contributed by atoms with van der Waals surface area (Å²) in [7, 11) is 0. The molecule has 0 saturated carbocycles. The van der Waals surface area contributed by atoms with Crippen LogP contribution in [-0.4, -0.2) is 9.97 Å². The molecular weight excluding hydrogens is 282 g/mol. The van der Waals surface area contributed by atoms with Crippen LogP contribution < -0.4 is 5.32 Å². The monoisotopic (exact) mass is 305 g/mol. The van der Waals surface area contributed by atoms with Crippen LogP contribution in [0, 0.1) is 0 Å². The number of nitrogens with one attached hydrogen (secondary N) is 2. The molecule has 0 radical (unpaired) electrons. The fourth-order valence-electron chi connectivity index (χ4n) is 2.22. The molecule has 4 heteroatoms. The van der Waals surface area contributed by atoms with E-state index in [0.29, 0.717) is 17.6 Å². The van der Waals surface area contributed by atoms with Gasteiger partial charge >= 0.3 is 0 Å². The molecular formula is C17H24ClN3. The van der Waals surface area contributed by atoms with E-state index in [2.05, 4.69) is 60.3 Å². The van der Waals surface area contributed by atoms with Crippen molar-refractivity contribution in [1.29, 1.82) is 0 Å². The molecule has 0 aliphatic carbocycles. The smallest absolute Gasteiger partial charge is 0.152 e. The van der Waals surface area contributed by atoms with Crippen molar-refractivity contribution >= 4 is 17.3 Å². The Morgan fingerprint density at radius 3 is 2.86 bits per heavy atom. The van der Waals surface area contributed by atoms with Crippen molar-refractivity contribution in [2.45, 2.75) is 52.5 Å². The topological polar surface area (TPSA) is 40.7 Å². The second-order valence-corrected chi connectivity index (χ2v) is 6.05. The summed E-state index contributed by atoms with van der Waals surface area (Å²) in [5.74, 6) is 1.51. The Kier molecular flexibility index (Phi) is 5.68. The first-order chi connectivity index (χ1) is 10.1. The Hall–Kier alpha value is -1.48. The van der Waals surface area contributed by atoms with E-state index in [1.165, 1.54) is 5.56 Å². The van der Waals surface area contributed by atoms with E-state index < -0.39 is 0 Å². The number of aromatic nitrogens is 2. The fourth-order valence-corrected chi connectivity index (χ4v) is 2.43. The normalized spacial score (nSPS) is 11.1. The van der Waals surface area contributed by atoms with Gasteiger partial charge in [-0.15, -0.1) is 0 Å². The summed E-state index contributed by atoms with van der Waals surface area (Å²) in [6.45, 7) is 7.24. The van der Waals surface area contributed by atoms with Gasteiger partial charge in [-0.25, -0.2) is 4.98 Å². The minimum absolute atomic E-state index is 0.531. The Morgan fingerprint density at radius 2 is 2.14 bits per heavy atom. The van der Waals surface area contributed by atoms with E-state index in [9.17, 15) is 0 Å². The van der Waals surface area contributed by atoms with Gasteiger partial charge in [0.25, 0.3) is 0 Å². The number of aryl methyl sites for hydroxylation is 1. The van der Waals surface area contributed by atoms with Crippen molar-refractivity contribution in [1.82, 2.24) is 9.97 Å². The van der Waals surface area contributed by atoms with Crippen LogP contribution in [0.5, 0.6) is 0 Å². The first-order valence-electron chi connectivity index (χ1n) is 7.67. The molecule has 114 valence electrons. The summed E-state index contributed by atoms with van der Waals surface area (Å²) < 4.78 is 0. The highest BCUT2D eigenvalue weighted by Crippen LogP contribution is 2.20. The zero-order valence-corrected chi connectivity index (χ0v) is 13.8.